The van der Waals surface area contributed by atoms with Crippen LogP contribution >= 0.6 is 11.6 Å². The molecule has 0 heterocycles. The van der Waals surface area contributed by atoms with E-state index in [1.807, 2.05) is 12.1 Å². The van der Waals surface area contributed by atoms with Crippen molar-refractivity contribution < 1.29 is 19.1 Å². The number of hydrogen-bond acceptors (Lipinski definition) is 4. The molecule has 6 heteroatoms. The number of benzene rings is 2. The Bertz CT molecular complexity index is 856. The lowest BCUT2D eigenvalue weighted by Gasteiger charge is -2.15. The monoisotopic (exact) mass is 371 g/mol. The Balaban J connectivity index is 1.58. The molecule has 0 unspecified atom stereocenters. The second kappa shape index (κ2) is 7.30. The summed E-state index contributed by atoms with van der Waals surface area (Å²) in [5.41, 5.74) is 1.16. The third kappa shape index (κ3) is 3.94. The number of carbonyl (C=O) groups is 3. The van der Waals surface area contributed by atoms with Crippen LogP contribution in [0.15, 0.2) is 48.5 Å². The minimum Gasteiger partial charge on any atom is -0.455 e. The highest BCUT2D eigenvalue weighted by Gasteiger charge is 2.52. The Labute approximate surface area is 156 Å². The maximum atomic E-state index is 12.4. The van der Waals surface area contributed by atoms with Gasteiger partial charge in [0.25, 0.3) is 5.91 Å². The van der Waals surface area contributed by atoms with Gasteiger partial charge in [0.05, 0.1) is 5.41 Å². The molecule has 1 fully saturated rings. The summed E-state index contributed by atoms with van der Waals surface area (Å²) < 4.78 is 5.21. The van der Waals surface area contributed by atoms with Crippen molar-refractivity contribution in [2.24, 2.45) is 0 Å². The molecule has 0 atom stereocenters. The summed E-state index contributed by atoms with van der Waals surface area (Å²) >= 11 is 5.88. The zero-order chi connectivity index (χ0) is 18.7. The van der Waals surface area contributed by atoms with Gasteiger partial charge in [-0.2, -0.15) is 0 Å². The fourth-order valence-corrected chi connectivity index (χ4v) is 2.91. The van der Waals surface area contributed by atoms with Crippen molar-refractivity contribution in [3.05, 3.63) is 64.7 Å². The van der Waals surface area contributed by atoms with Crippen molar-refractivity contribution >= 4 is 34.9 Å². The van der Waals surface area contributed by atoms with Crippen LogP contribution in [0.5, 0.6) is 0 Å². The van der Waals surface area contributed by atoms with Crippen LogP contribution in [-0.4, -0.2) is 24.3 Å². The summed E-state index contributed by atoms with van der Waals surface area (Å²) in [5.74, 6) is -0.954. The fraction of sp³-hybridized carbons (Fsp3) is 0.250. The number of ether oxygens (including phenoxy) is 1. The number of halogens is 1. The van der Waals surface area contributed by atoms with Crippen molar-refractivity contribution in [2.75, 3.05) is 11.9 Å². The molecule has 134 valence electrons. The summed E-state index contributed by atoms with van der Waals surface area (Å²) in [6, 6.07) is 13.7. The molecular formula is C20H18ClNO4. The Kier molecular flexibility index (Phi) is 5.09. The van der Waals surface area contributed by atoms with Gasteiger partial charge in [0.1, 0.15) is 0 Å². The van der Waals surface area contributed by atoms with E-state index in [9.17, 15) is 14.4 Å². The standard InChI is InChI=1S/C20H18ClNO4/c1-13(23)14-3-2-4-17(11-14)22-18(24)12-26-19(25)20(9-10-20)15-5-7-16(21)8-6-15/h2-8,11H,9-10,12H2,1H3,(H,22,24). The topological polar surface area (TPSA) is 72.5 Å². The quantitative estimate of drug-likeness (QED) is 0.620. The summed E-state index contributed by atoms with van der Waals surface area (Å²) in [4.78, 5) is 35.9. The molecule has 1 amide bonds. The molecule has 0 aromatic heterocycles. The molecule has 1 saturated carbocycles. The highest BCUT2D eigenvalue weighted by Crippen LogP contribution is 2.49. The van der Waals surface area contributed by atoms with Gasteiger partial charge in [-0.05, 0) is 49.6 Å². The van der Waals surface area contributed by atoms with Crippen molar-refractivity contribution in [1.29, 1.82) is 0 Å². The first-order valence-electron chi connectivity index (χ1n) is 8.25. The van der Waals surface area contributed by atoms with E-state index in [0.717, 1.165) is 5.56 Å². The van der Waals surface area contributed by atoms with Gasteiger partial charge < -0.3 is 10.1 Å². The molecule has 0 aliphatic heterocycles. The number of hydrogen-bond donors (Lipinski definition) is 1. The predicted molar refractivity (Wildman–Crippen MR) is 98.4 cm³/mol. The van der Waals surface area contributed by atoms with Crippen molar-refractivity contribution in [3.63, 3.8) is 0 Å². The lowest BCUT2D eigenvalue weighted by molar-refractivity contribution is -0.150. The average Bonchev–Trinajstić information content (AvgIpc) is 3.42. The van der Waals surface area contributed by atoms with Crippen molar-refractivity contribution in [1.82, 2.24) is 0 Å². The van der Waals surface area contributed by atoms with Gasteiger partial charge in [-0.15, -0.1) is 0 Å². The highest BCUT2D eigenvalue weighted by molar-refractivity contribution is 6.30. The van der Waals surface area contributed by atoms with Gasteiger partial charge >= 0.3 is 5.97 Å². The van der Waals surface area contributed by atoms with Crippen LogP contribution in [-0.2, 0) is 19.7 Å². The summed E-state index contributed by atoms with van der Waals surface area (Å²) in [7, 11) is 0. The minimum atomic E-state index is -0.667. The van der Waals surface area contributed by atoms with Gasteiger partial charge in [-0.3, -0.25) is 14.4 Å². The Hall–Kier alpha value is -2.66. The second-order valence-electron chi connectivity index (χ2n) is 6.35. The molecule has 26 heavy (non-hydrogen) atoms. The van der Waals surface area contributed by atoms with E-state index < -0.39 is 17.3 Å². The predicted octanol–water partition coefficient (Wildman–Crippen LogP) is 3.76. The van der Waals surface area contributed by atoms with E-state index in [-0.39, 0.29) is 12.4 Å². The summed E-state index contributed by atoms with van der Waals surface area (Å²) in [5, 5.41) is 3.23. The molecule has 2 aromatic rings. The zero-order valence-electron chi connectivity index (χ0n) is 14.3. The van der Waals surface area contributed by atoms with Gasteiger partial charge in [0.2, 0.25) is 0 Å². The van der Waals surface area contributed by atoms with E-state index in [0.29, 0.717) is 29.1 Å². The average molecular weight is 372 g/mol. The second-order valence-corrected chi connectivity index (χ2v) is 6.79. The van der Waals surface area contributed by atoms with Gasteiger partial charge in [0.15, 0.2) is 12.4 Å². The van der Waals surface area contributed by atoms with E-state index in [2.05, 4.69) is 5.32 Å². The van der Waals surface area contributed by atoms with Crippen molar-refractivity contribution in [3.8, 4) is 0 Å². The number of carbonyl (C=O) groups excluding carboxylic acids is 3. The maximum absolute atomic E-state index is 12.4. The first-order chi connectivity index (χ1) is 12.4. The Morgan fingerprint density at radius 1 is 1.12 bits per heavy atom. The van der Waals surface area contributed by atoms with Crippen molar-refractivity contribution in [2.45, 2.75) is 25.2 Å². The van der Waals surface area contributed by atoms with Crippen LogP contribution in [0, 0.1) is 0 Å². The third-order valence-electron chi connectivity index (χ3n) is 4.42. The van der Waals surface area contributed by atoms with Gasteiger partial charge in [-0.25, -0.2) is 0 Å². The molecule has 0 bridgehead atoms. The van der Waals surface area contributed by atoms with E-state index in [1.54, 1.807) is 36.4 Å². The smallest absolute Gasteiger partial charge is 0.317 e. The number of nitrogens with one attached hydrogen (secondary N) is 1. The molecule has 1 aliphatic carbocycles. The van der Waals surface area contributed by atoms with Crippen LogP contribution in [0.4, 0.5) is 5.69 Å². The number of Topliss-reactive ketones (excluding diaryl/α,β-unsaturated/α-hetero) is 1. The van der Waals surface area contributed by atoms with E-state index in [4.69, 9.17) is 16.3 Å². The first-order valence-corrected chi connectivity index (χ1v) is 8.63. The molecular weight excluding hydrogens is 354 g/mol. The largest absolute Gasteiger partial charge is 0.455 e. The minimum absolute atomic E-state index is 0.0915. The summed E-state index contributed by atoms with van der Waals surface area (Å²) in [6.07, 6.45) is 1.38. The summed E-state index contributed by atoms with van der Waals surface area (Å²) in [6.45, 7) is 1.08. The molecule has 1 N–H and O–H groups in total. The van der Waals surface area contributed by atoms with Gasteiger partial charge in [-0.1, -0.05) is 35.9 Å². The lowest BCUT2D eigenvalue weighted by atomic mass is 9.96. The molecule has 0 saturated heterocycles. The van der Waals surface area contributed by atoms with Crippen LogP contribution in [0.1, 0.15) is 35.7 Å². The first kappa shape index (κ1) is 18.1. The molecule has 5 nitrogen and oxygen atoms in total. The highest BCUT2D eigenvalue weighted by atomic mass is 35.5. The number of esters is 1. The Morgan fingerprint density at radius 3 is 2.42 bits per heavy atom. The lowest BCUT2D eigenvalue weighted by Crippen LogP contribution is -2.28. The van der Waals surface area contributed by atoms with Crippen LogP contribution in [0.3, 0.4) is 0 Å². The van der Waals surface area contributed by atoms with E-state index in [1.165, 1.54) is 6.92 Å². The fourth-order valence-electron chi connectivity index (χ4n) is 2.79. The number of ketones is 1. The number of amides is 1. The van der Waals surface area contributed by atoms with Crippen LogP contribution < -0.4 is 5.32 Å². The SMILES string of the molecule is CC(=O)c1cccc(NC(=O)COC(=O)C2(c3ccc(Cl)cc3)CC2)c1. The molecule has 2 aromatic carbocycles. The van der Waals surface area contributed by atoms with Crippen LogP contribution in [0.2, 0.25) is 5.02 Å². The third-order valence-corrected chi connectivity index (χ3v) is 4.68. The normalized spacial score (nSPS) is 14.4. The zero-order valence-corrected chi connectivity index (χ0v) is 15.0. The van der Waals surface area contributed by atoms with Crippen LogP contribution in [0.25, 0.3) is 0 Å². The Morgan fingerprint density at radius 2 is 1.81 bits per heavy atom. The van der Waals surface area contributed by atoms with Gasteiger partial charge in [0, 0.05) is 16.3 Å². The molecule has 0 spiro atoms. The number of rotatable bonds is 6. The van der Waals surface area contributed by atoms with E-state index >= 15 is 0 Å². The molecule has 1 aliphatic rings. The molecule has 3 rings (SSSR count). The maximum Gasteiger partial charge on any atom is 0.317 e. The number of anilines is 1. The molecule has 0 radical (unpaired) electrons.